The summed E-state index contributed by atoms with van der Waals surface area (Å²) < 4.78 is 0. The third-order valence-electron chi connectivity index (χ3n) is 6.98. The summed E-state index contributed by atoms with van der Waals surface area (Å²) in [7, 11) is 0. The zero-order valence-corrected chi connectivity index (χ0v) is 17.2. The van der Waals surface area contributed by atoms with Gasteiger partial charge in [-0.15, -0.1) is 0 Å². The van der Waals surface area contributed by atoms with Crippen LogP contribution in [0.15, 0.2) is 54.6 Å². The lowest BCUT2D eigenvalue weighted by Crippen LogP contribution is -2.49. The van der Waals surface area contributed by atoms with Gasteiger partial charge in [0.05, 0.1) is 22.5 Å². The number of halogens is 1. The van der Waals surface area contributed by atoms with Crippen LogP contribution in [0, 0.1) is 23.7 Å². The molecule has 154 valence electrons. The number of hydrogen-bond donors (Lipinski definition) is 1. The van der Waals surface area contributed by atoms with Crippen molar-refractivity contribution in [3.05, 3.63) is 65.2 Å². The van der Waals surface area contributed by atoms with Crippen LogP contribution >= 0.6 is 11.6 Å². The highest BCUT2D eigenvalue weighted by molar-refractivity contribution is 6.33. The van der Waals surface area contributed by atoms with Gasteiger partial charge in [-0.2, -0.15) is 0 Å². The number of imide groups is 1. The van der Waals surface area contributed by atoms with E-state index in [0.717, 1.165) is 24.8 Å². The van der Waals surface area contributed by atoms with Crippen LogP contribution in [0.25, 0.3) is 0 Å². The molecule has 1 N–H and O–H groups in total. The molecule has 3 fully saturated rings. The van der Waals surface area contributed by atoms with Crippen molar-refractivity contribution in [2.24, 2.45) is 23.7 Å². The molecule has 1 saturated heterocycles. The Morgan fingerprint density at radius 3 is 2.20 bits per heavy atom. The van der Waals surface area contributed by atoms with Crippen LogP contribution in [0.2, 0.25) is 5.02 Å². The largest absolute Gasteiger partial charge is 0.323 e. The van der Waals surface area contributed by atoms with Crippen molar-refractivity contribution in [3.8, 4) is 0 Å². The van der Waals surface area contributed by atoms with Crippen LogP contribution < -0.4 is 5.32 Å². The van der Waals surface area contributed by atoms with Crippen LogP contribution in [0.4, 0.5) is 5.69 Å². The van der Waals surface area contributed by atoms with Gasteiger partial charge in [-0.05, 0) is 48.8 Å². The predicted octanol–water partition coefficient (Wildman–Crippen LogP) is 3.92. The SMILES string of the molecule is O=C(Nc1ccccc1Cl)[C@H](Cc1ccccc1)N1C(=O)[C@@H]2[C@H]3CC[C@@H](C3)[C@H]2C1=O. The molecule has 5 atom stereocenters. The Bertz CT molecular complexity index is 981. The number of carbonyl (C=O) groups excluding carboxylic acids is 3. The molecule has 2 aromatic carbocycles. The van der Waals surface area contributed by atoms with Crippen molar-refractivity contribution in [3.63, 3.8) is 0 Å². The number of nitrogens with zero attached hydrogens (tertiary/aromatic N) is 1. The van der Waals surface area contributed by atoms with Crippen LogP contribution in [-0.2, 0) is 20.8 Å². The predicted molar refractivity (Wildman–Crippen MR) is 114 cm³/mol. The molecule has 1 heterocycles. The van der Waals surface area contributed by atoms with Gasteiger partial charge in [-0.25, -0.2) is 0 Å². The van der Waals surface area contributed by atoms with Crippen molar-refractivity contribution < 1.29 is 14.4 Å². The van der Waals surface area contributed by atoms with E-state index in [-0.39, 0.29) is 47.8 Å². The van der Waals surface area contributed by atoms with Crippen molar-refractivity contribution in [2.75, 3.05) is 5.32 Å². The zero-order chi connectivity index (χ0) is 20.8. The van der Waals surface area contributed by atoms with Gasteiger partial charge in [0.2, 0.25) is 17.7 Å². The van der Waals surface area contributed by atoms with Gasteiger partial charge in [-0.3, -0.25) is 19.3 Å². The molecular weight excluding hydrogens is 400 g/mol. The summed E-state index contributed by atoms with van der Waals surface area (Å²) in [5, 5.41) is 3.25. The summed E-state index contributed by atoms with van der Waals surface area (Å²) in [6.45, 7) is 0. The molecule has 30 heavy (non-hydrogen) atoms. The van der Waals surface area contributed by atoms with Crippen LogP contribution in [-0.4, -0.2) is 28.7 Å². The monoisotopic (exact) mass is 422 g/mol. The van der Waals surface area contributed by atoms with Crippen molar-refractivity contribution in [2.45, 2.75) is 31.7 Å². The topological polar surface area (TPSA) is 66.5 Å². The number of amides is 3. The van der Waals surface area contributed by atoms with Gasteiger partial charge >= 0.3 is 0 Å². The molecule has 0 aromatic heterocycles. The van der Waals surface area contributed by atoms with Gasteiger partial charge < -0.3 is 5.32 Å². The molecule has 5 nitrogen and oxygen atoms in total. The molecule has 2 aromatic rings. The molecule has 3 aliphatic rings. The van der Waals surface area contributed by atoms with E-state index in [2.05, 4.69) is 5.32 Å². The Hall–Kier alpha value is -2.66. The van der Waals surface area contributed by atoms with E-state index < -0.39 is 6.04 Å². The smallest absolute Gasteiger partial charge is 0.248 e. The molecule has 6 heteroatoms. The number of nitrogens with one attached hydrogen (secondary N) is 1. The quantitative estimate of drug-likeness (QED) is 0.742. The zero-order valence-electron chi connectivity index (χ0n) is 16.5. The molecule has 2 aliphatic carbocycles. The number of likely N-dealkylation sites (tertiary alicyclic amines) is 1. The van der Waals surface area contributed by atoms with Gasteiger partial charge in [0, 0.05) is 6.42 Å². The normalized spacial score (nSPS) is 28.0. The van der Waals surface area contributed by atoms with E-state index in [1.165, 1.54) is 4.90 Å². The first kappa shape index (κ1) is 19.3. The van der Waals surface area contributed by atoms with E-state index in [4.69, 9.17) is 11.6 Å². The second-order valence-corrected chi connectivity index (χ2v) is 9.01. The summed E-state index contributed by atoms with van der Waals surface area (Å²) in [5.74, 6) is -0.665. The molecule has 0 spiro atoms. The average molecular weight is 423 g/mol. The summed E-state index contributed by atoms with van der Waals surface area (Å²) in [4.78, 5) is 41.3. The van der Waals surface area contributed by atoms with Crippen molar-refractivity contribution >= 4 is 35.0 Å². The molecule has 0 unspecified atom stereocenters. The van der Waals surface area contributed by atoms with Crippen LogP contribution in [0.1, 0.15) is 24.8 Å². The maximum absolute atomic E-state index is 13.3. The minimum Gasteiger partial charge on any atom is -0.323 e. The van der Waals surface area contributed by atoms with E-state index >= 15 is 0 Å². The minimum atomic E-state index is -0.895. The second kappa shape index (κ2) is 7.55. The molecular formula is C24H23ClN2O3. The highest BCUT2D eigenvalue weighted by Gasteiger charge is 2.62. The molecule has 0 radical (unpaired) electrons. The average Bonchev–Trinajstić information content (AvgIpc) is 3.43. The van der Waals surface area contributed by atoms with Crippen molar-refractivity contribution in [1.29, 1.82) is 0 Å². The number of fused-ring (bicyclic) bond motifs is 5. The minimum absolute atomic E-state index is 0.174. The van der Waals surface area contributed by atoms with E-state index in [1.54, 1.807) is 24.3 Å². The first-order valence-corrected chi connectivity index (χ1v) is 10.9. The lowest BCUT2D eigenvalue weighted by Gasteiger charge is -2.27. The van der Waals surface area contributed by atoms with Gasteiger partial charge in [-0.1, -0.05) is 54.1 Å². The maximum Gasteiger partial charge on any atom is 0.248 e. The third-order valence-corrected chi connectivity index (χ3v) is 7.31. The highest BCUT2D eigenvalue weighted by Crippen LogP contribution is 2.56. The number of rotatable bonds is 5. The van der Waals surface area contributed by atoms with Crippen LogP contribution in [0.5, 0.6) is 0 Å². The molecule has 5 rings (SSSR count). The maximum atomic E-state index is 13.3. The molecule has 2 saturated carbocycles. The fourth-order valence-corrected chi connectivity index (χ4v) is 5.84. The molecule has 2 bridgehead atoms. The standard InChI is InChI=1S/C24H23ClN2O3/c25-17-8-4-5-9-18(17)26-22(28)19(12-14-6-2-1-3-7-14)27-23(29)20-15-10-11-16(13-15)21(20)24(27)30/h1-9,15-16,19-21H,10-13H2,(H,26,28)/t15-,16-,19-,20+,21+/m0/s1. The van der Waals surface area contributed by atoms with Gasteiger partial charge in [0.1, 0.15) is 6.04 Å². The number of anilines is 1. The van der Waals surface area contributed by atoms with E-state index in [1.807, 2.05) is 30.3 Å². The lowest BCUT2D eigenvalue weighted by atomic mass is 9.81. The number of carbonyl (C=O) groups is 3. The van der Waals surface area contributed by atoms with Crippen LogP contribution in [0.3, 0.4) is 0 Å². The second-order valence-electron chi connectivity index (χ2n) is 8.61. The Morgan fingerprint density at radius 2 is 1.57 bits per heavy atom. The van der Waals surface area contributed by atoms with Crippen molar-refractivity contribution in [1.82, 2.24) is 4.90 Å². The fraction of sp³-hybridized carbons (Fsp3) is 0.375. The summed E-state index contributed by atoms with van der Waals surface area (Å²) in [6.07, 6.45) is 3.26. The molecule has 1 aliphatic heterocycles. The third kappa shape index (κ3) is 3.12. The van der Waals surface area contributed by atoms with E-state index in [0.29, 0.717) is 10.7 Å². The Kier molecular flexibility index (Phi) is 4.86. The fourth-order valence-electron chi connectivity index (χ4n) is 5.66. The Balaban J connectivity index is 1.47. The van der Waals surface area contributed by atoms with Gasteiger partial charge in [0.25, 0.3) is 0 Å². The summed E-state index contributed by atoms with van der Waals surface area (Å²) in [6, 6.07) is 15.6. The summed E-state index contributed by atoms with van der Waals surface area (Å²) in [5.41, 5.74) is 1.37. The summed E-state index contributed by atoms with van der Waals surface area (Å²) >= 11 is 6.21. The van der Waals surface area contributed by atoms with E-state index in [9.17, 15) is 14.4 Å². The Labute approximate surface area is 180 Å². The number of para-hydroxylation sites is 1. The van der Waals surface area contributed by atoms with Gasteiger partial charge in [0.15, 0.2) is 0 Å². The number of hydrogen-bond acceptors (Lipinski definition) is 3. The number of benzene rings is 2. The molecule has 3 amide bonds. The first-order chi connectivity index (χ1) is 14.5. The first-order valence-electron chi connectivity index (χ1n) is 10.5. The Morgan fingerprint density at radius 1 is 0.967 bits per heavy atom. The lowest BCUT2D eigenvalue weighted by molar-refractivity contribution is -0.147. The highest BCUT2D eigenvalue weighted by atomic mass is 35.5.